The average molecular weight is 509 g/mol. The first-order valence-corrected chi connectivity index (χ1v) is 13.0. The highest BCUT2D eigenvalue weighted by Crippen LogP contribution is 2.40. The lowest BCUT2D eigenvalue weighted by Crippen LogP contribution is -2.43. The average Bonchev–Trinajstić information content (AvgIpc) is 3.62. The van der Waals surface area contributed by atoms with Gasteiger partial charge in [0.15, 0.2) is 17.3 Å². The number of hydrogen-bond donors (Lipinski definition) is 2. The van der Waals surface area contributed by atoms with Crippen LogP contribution in [0, 0.1) is 18.7 Å². The smallest absolute Gasteiger partial charge is 0.271 e. The number of rotatable bonds is 8. The number of anilines is 3. The summed E-state index contributed by atoms with van der Waals surface area (Å²) in [4.78, 5) is 36.0. The van der Waals surface area contributed by atoms with Gasteiger partial charge in [0.2, 0.25) is 0 Å². The van der Waals surface area contributed by atoms with E-state index in [1.165, 1.54) is 17.6 Å². The molecule has 2 aromatic heterocycles. The minimum Gasteiger partial charge on any atom is -0.364 e. The molecule has 1 aliphatic carbocycles. The summed E-state index contributed by atoms with van der Waals surface area (Å²) >= 11 is 1.26. The number of primary amides is 1. The highest BCUT2D eigenvalue weighted by atomic mass is 32.1. The second-order valence-electron chi connectivity index (χ2n) is 9.83. The summed E-state index contributed by atoms with van der Waals surface area (Å²) in [7, 11) is 0. The van der Waals surface area contributed by atoms with Crippen LogP contribution in [-0.2, 0) is 0 Å². The van der Waals surface area contributed by atoms with Crippen molar-refractivity contribution < 1.29 is 14.0 Å². The van der Waals surface area contributed by atoms with Crippen molar-refractivity contribution in [1.82, 2.24) is 14.3 Å². The molecule has 2 fully saturated rings. The fraction of sp³-hybridized carbons (Fsp3) is 0.423. The van der Waals surface area contributed by atoms with Crippen molar-refractivity contribution in [2.24, 2.45) is 11.7 Å². The van der Waals surface area contributed by atoms with Gasteiger partial charge in [-0.15, -0.1) is 0 Å². The summed E-state index contributed by atoms with van der Waals surface area (Å²) in [5.74, 6) is 0.0793. The standard InChI is InChI=1S/C26H29FN6O2S/c1-14-9-23(36-32-14)31-26-24(25(28)35)29-12-22(30-26)33-13-16(4-3-15(33)2)10-21(34)19-8-7-18(11-20(19)27)17-5-6-17/h7-9,11-12,15-17H,3-6,10,13H2,1-2H3,(H2,28,35)(H,30,31)/t15-,16+/m0/s1. The van der Waals surface area contributed by atoms with Crippen LogP contribution in [0.4, 0.5) is 21.0 Å². The van der Waals surface area contributed by atoms with Crippen LogP contribution < -0.4 is 16.0 Å². The first-order chi connectivity index (χ1) is 17.3. The maximum Gasteiger partial charge on any atom is 0.271 e. The van der Waals surface area contributed by atoms with E-state index in [9.17, 15) is 14.0 Å². The summed E-state index contributed by atoms with van der Waals surface area (Å²) < 4.78 is 18.9. The van der Waals surface area contributed by atoms with Crippen LogP contribution >= 0.6 is 11.5 Å². The molecule has 0 bridgehead atoms. The maximum absolute atomic E-state index is 14.7. The molecular weight excluding hydrogens is 479 g/mol. The van der Waals surface area contributed by atoms with E-state index < -0.39 is 11.7 Å². The molecule has 1 saturated heterocycles. The molecule has 10 heteroatoms. The number of nitrogens with one attached hydrogen (secondary N) is 1. The highest BCUT2D eigenvalue weighted by Gasteiger charge is 2.30. The van der Waals surface area contributed by atoms with E-state index in [1.807, 2.05) is 19.1 Å². The van der Waals surface area contributed by atoms with Crippen LogP contribution in [0.5, 0.6) is 0 Å². The van der Waals surface area contributed by atoms with Crippen molar-refractivity contribution in [2.75, 3.05) is 16.8 Å². The van der Waals surface area contributed by atoms with Gasteiger partial charge in [0.05, 0.1) is 17.5 Å². The number of ketones is 1. The Labute approximate surface area is 213 Å². The molecule has 3 aromatic rings. The van der Waals surface area contributed by atoms with E-state index in [2.05, 4.69) is 31.5 Å². The largest absolute Gasteiger partial charge is 0.364 e. The van der Waals surface area contributed by atoms with Crippen molar-refractivity contribution in [1.29, 1.82) is 0 Å². The molecule has 2 atom stereocenters. The third kappa shape index (κ3) is 5.23. The number of piperidine rings is 1. The molecule has 0 unspecified atom stereocenters. The Hall–Kier alpha value is -3.40. The Kier molecular flexibility index (Phi) is 6.70. The lowest BCUT2D eigenvalue weighted by Gasteiger charge is -2.38. The molecule has 36 heavy (non-hydrogen) atoms. The van der Waals surface area contributed by atoms with E-state index in [4.69, 9.17) is 5.73 Å². The number of carbonyl (C=O) groups excluding carboxylic acids is 2. The monoisotopic (exact) mass is 508 g/mol. The van der Waals surface area contributed by atoms with Gasteiger partial charge < -0.3 is 16.0 Å². The number of hydrogen-bond acceptors (Lipinski definition) is 8. The molecule has 3 heterocycles. The van der Waals surface area contributed by atoms with Crippen LogP contribution in [0.15, 0.2) is 30.5 Å². The predicted molar refractivity (Wildman–Crippen MR) is 138 cm³/mol. The molecule has 1 amide bonds. The molecule has 8 nitrogen and oxygen atoms in total. The summed E-state index contributed by atoms with van der Waals surface area (Å²) in [6.45, 7) is 4.55. The second-order valence-corrected chi connectivity index (χ2v) is 10.6. The minimum atomic E-state index is -0.678. The van der Waals surface area contributed by atoms with Crippen LogP contribution in [0.1, 0.15) is 77.0 Å². The Morgan fingerprint density at radius 2 is 2.03 bits per heavy atom. The summed E-state index contributed by atoms with van der Waals surface area (Å²) in [6.07, 6.45) is 5.71. The van der Waals surface area contributed by atoms with Gasteiger partial charge in [0.25, 0.3) is 5.91 Å². The third-order valence-electron chi connectivity index (χ3n) is 6.95. The van der Waals surface area contributed by atoms with Gasteiger partial charge in [0.1, 0.15) is 16.6 Å². The molecule has 3 N–H and O–H groups in total. The normalized spacial score (nSPS) is 19.8. The number of benzene rings is 1. The second kappa shape index (κ2) is 9.93. The van der Waals surface area contributed by atoms with Gasteiger partial charge in [-0.2, -0.15) is 4.37 Å². The molecule has 1 aliphatic heterocycles. The number of carbonyl (C=O) groups is 2. The number of aromatic nitrogens is 3. The molecule has 2 aliphatic rings. The quantitative estimate of drug-likeness (QED) is 0.413. The van der Waals surface area contributed by atoms with Crippen LogP contribution in [0.25, 0.3) is 0 Å². The Morgan fingerprint density at radius 1 is 1.22 bits per heavy atom. The maximum atomic E-state index is 14.7. The summed E-state index contributed by atoms with van der Waals surface area (Å²) in [5, 5.41) is 3.84. The molecule has 1 aromatic carbocycles. The van der Waals surface area contributed by atoms with Crippen LogP contribution in [-0.4, -0.2) is 38.6 Å². The lowest BCUT2D eigenvalue weighted by atomic mass is 9.88. The molecule has 1 saturated carbocycles. The summed E-state index contributed by atoms with van der Waals surface area (Å²) in [5.41, 5.74) is 7.58. The zero-order chi connectivity index (χ0) is 25.4. The van der Waals surface area contributed by atoms with E-state index in [0.29, 0.717) is 18.3 Å². The van der Waals surface area contributed by atoms with Crippen LogP contribution in [0.2, 0.25) is 0 Å². The number of halogens is 1. The molecule has 188 valence electrons. The SMILES string of the molecule is Cc1cc(Nc2nc(N3C[C@@H](CC(=O)c4ccc(C5CC5)cc4F)CC[C@@H]3C)cnc2C(N)=O)sn1. The number of nitrogens with two attached hydrogens (primary N) is 1. The summed E-state index contributed by atoms with van der Waals surface area (Å²) in [6, 6.07) is 7.07. The number of amides is 1. The van der Waals surface area contributed by atoms with E-state index in [-0.39, 0.29) is 41.2 Å². The number of nitrogens with zero attached hydrogens (tertiary/aromatic N) is 4. The topological polar surface area (TPSA) is 114 Å². The van der Waals surface area contributed by atoms with Gasteiger partial charge in [-0.25, -0.2) is 14.4 Å². The van der Waals surface area contributed by atoms with Crippen molar-refractivity contribution in [3.63, 3.8) is 0 Å². The molecule has 5 rings (SSSR count). The van der Waals surface area contributed by atoms with Crippen molar-refractivity contribution in [2.45, 2.75) is 57.9 Å². The van der Waals surface area contributed by atoms with Gasteiger partial charge in [-0.3, -0.25) is 9.59 Å². The number of Topliss-reactive ketones (excluding diaryl/α,β-unsaturated/α-hetero) is 1. The van der Waals surface area contributed by atoms with E-state index >= 15 is 0 Å². The highest BCUT2D eigenvalue weighted by molar-refractivity contribution is 7.10. The third-order valence-corrected chi connectivity index (χ3v) is 7.75. The van der Waals surface area contributed by atoms with E-state index in [0.717, 1.165) is 41.9 Å². The van der Waals surface area contributed by atoms with Gasteiger partial charge in [0, 0.05) is 19.0 Å². The van der Waals surface area contributed by atoms with Crippen molar-refractivity contribution in [3.05, 3.63) is 58.8 Å². The Morgan fingerprint density at radius 3 is 2.69 bits per heavy atom. The Bertz CT molecular complexity index is 1310. The number of aryl methyl sites for hydroxylation is 1. The Balaban J connectivity index is 1.33. The first kappa shape index (κ1) is 24.3. The zero-order valence-electron chi connectivity index (χ0n) is 20.3. The van der Waals surface area contributed by atoms with E-state index in [1.54, 1.807) is 12.3 Å². The minimum absolute atomic E-state index is 0.0475. The fourth-order valence-electron chi connectivity index (χ4n) is 4.79. The zero-order valence-corrected chi connectivity index (χ0v) is 21.1. The van der Waals surface area contributed by atoms with Gasteiger partial charge >= 0.3 is 0 Å². The van der Waals surface area contributed by atoms with Crippen LogP contribution in [0.3, 0.4) is 0 Å². The predicted octanol–water partition coefficient (Wildman–Crippen LogP) is 4.98. The van der Waals surface area contributed by atoms with Crippen molar-refractivity contribution >= 4 is 39.9 Å². The van der Waals surface area contributed by atoms with Gasteiger partial charge in [-0.05, 0) is 86.7 Å². The van der Waals surface area contributed by atoms with Crippen molar-refractivity contribution in [3.8, 4) is 0 Å². The lowest BCUT2D eigenvalue weighted by molar-refractivity contribution is 0.0948. The van der Waals surface area contributed by atoms with Gasteiger partial charge in [-0.1, -0.05) is 6.07 Å². The fourth-order valence-corrected chi connectivity index (χ4v) is 5.45. The first-order valence-electron chi connectivity index (χ1n) is 12.2. The molecular formula is C26H29FN6O2S. The molecule has 0 spiro atoms. The molecule has 0 radical (unpaired) electrons.